The highest BCUT2D eigenvalue weighted by Gasteiger charge is 2.18. The van der Waals surface area contributed by atoms with Gasteiger partial charge in [-0.05, 0) is 44.5 Å². The van der Waals surface area contributed by atoms with Gasteiger partial charge in [-0.25, -0.2) is 4.79 Å². The fraction of sp³-hybridized carbons (Fsp3) is 0.438. The molecule has 0 unspecified atom stereocenters. The lowest BCUT2D eigenvalue weighted by Crippen LogP contribution is -2.37. The summed E-state index contributed by atoms with van der Waals surface area (Å²) >= 11 is 0. The number of carbonyl (C=O) groups is 2. The third-order valence-corrected chi connectivity index (χ3v) is 2.99. The summed E-state index contributed by atoms with van der Waals surface area (Å²) in [6, 6.07) is 8.40. The lowest BCUT2D eigenvalue weighted by Gasteiger charge is -2.15. The first kappa shape index (κ1) is 17.5. The summed E-state index contributed by atoms with van der Waals surface area (Å²) in [6.45, 7) is 5.03. The molecule has 6 nitrogen and oxygen atoms in total. The Hall–Kier alpha value is -2.55. The fourth-order valence-corrected chi connectivity index (χ4v) is 1.53. The molecule has 118 valence electrons. The maximum absolute atomic E-state index is 11.8. The lowest BCUT2D eigenvalue weighted by molar-refractivity contribution is -0.154. The number of carbonyl (C=O) groups excluding carboxylic acids is 2. The molecule has 6 heteroatoms. The van der Waals surface area contributed by atoms with Crippen LogP contribution in [0.5, 0.6) is 5.75 Å². The van der Waals surface area contributed by atoms with Crippen molar-refractivity contribution < 1.29 is 19.1 Å². The van der Waals surface area contributed by atoms with Gasteiger partial charge in [-0.1, -0.05) is 6.92 Å². The van der Waals surface area contributed by atoms with Gasteiger partial charge in [0.2, 0.25) is 0 Å². The van der Waals surface area contributed by atoms with E-state index < -0.39 is 12.1 Å². The second-order valence-corrected chi connectivity index (χ2v) is 4.88. The molecule has 1 aromatic carbocycles. The largest absolute Gasteiger partial charge is 0.479 e. The molecule has 1 amide bonds. The van der Waals surface area contributed by atoms with Crippen molar-refractivity contribution in [2.45, 2.75) is 39.3 Å². The number of rotatable bonds is 7. The van der Waals surface area contributed by atoms with Gasteiger partial charge in [0.25, 0.3) is 5.91 Å². The van der Waals surface area contributed by atoms with Crippen LogP contribution in [-0.2, 0) is 14.3 Å². The number of hydrogen-bond donors (Lipinski definition) is 1. The highest BCUT2D eigenvalue weighted by atomic mass is 16.6. The molecule has 0 spiro atoms. The topological polar surface area (TPSA) is 88.4 Å². The molecule has 1 rings (SSSR count). The Kier molecular flexibility index (Phi) is 6.90. The Balaban J connectivity index is 2.41. The van der Waals surface area contributed by atoms with Gasteiger partial charge in [-0.2, -0.15) is 5.26 Å². The van der Waals surface area contributed by atoms with Gasteiger partial charge in [0.15, 0.2) is 12.7 Å². The number of ether oxygens (including phenoxy) is 2. The van der Waals surface area contributed by atoms with Crippen LogP contribution in [0.3, 0.4) is 0 Å². The number of amides is 1. The highest BCUT2D eigenvalue weighted by molar-refractivity contribution is 5.82. The van der Waals surface area contributed by atoms with E-state index in [0.717, 1.165) is 6.42 Å². The molecular formula is C16H20N2O4. The maximum Gasteiger partial charge on any atom is 0.347 e. The smallest absolute Gasteiger partial charge is 0.347 e. The first-order valence-corrected chi connectivity index (χ1v) is 7.09. The quantitative estimate of drug-likeness (QED) is 0.776. The van der Waals surface area contributed by atoms with Crippen LogP contribution in [0, 0.1) is 11.3 Å². The zero-order valence-corrected chi connectivity index (χ0v) is 13.0. The Bertz CT molecular complexity index is 548. The van der Waals surface area contributed by atoms with E-state index in [1.165, 1.54) is 6.92 Å². The van der Waals surface area contributed by atoms with Crippen LogP contribution in [-0.4, -0.2) is 30.6 Å². The normalized spacial score (nSPS) is 12.6. The molecule has 0 radical (unpaired) electrons. The van der Waals surface area contributed by atoms with E-state index in [9.17, 15) is 9.59 Å². The molecule has 1 aromatic rings. The van der Waals surface area contributed by atoms with E-state index in [1.54, 1.807) is 24.3 Å². The van der Waals surface area contributed by atoms with Crippen molar-refractivity contribution in [1.29, 1.82) is 5.26 Å². The fourth-order valence-electron chi connectivity index (χ4n) is 1.53. The summed E-state index contributed by atoms with van der Waals surface area (Å²) in [5.41, 5.74) is 0.504. The third kappa shape index (κ3) is 5.83. The number of esters is 1. The van der Waals surface area contributed by atoms with Crippen molar-refractivity contribution in [2.24, 2.45) is 0 Å². The van der Waals surface area contributed by atoms with Gasteiger partial charge in [0.05, 0.1) is 11.6 Å². The molecule has 0 aliphatic rings. The van der Waals surface area contributed by atoms with Crippen molar-refractivity contribution in [1.82, 2.24) is 5.32 Å². The van der Waals surface area contributed by atoms with E-state index in [2.05, 4.69) is 5.32 Å². The minimum absolute atomic E-state index is 0.0403. The lowest BCUT2D eigenvalue weighted by atomic mass is 10.2. The Morgan fingerprint density at radius 3 is 2.45 bits per heavy atom. The first-order valence-electron chi connectivity index (χ1n) is 7.09. The zero-order chi connectivity index (χ0) is 16.5. The molecule has 0 saturated carbocycles. The van der Waals surface area contributed by atoms with Crippen LogP contribution >= 0.6 is 0 Å². The Labute approximate surface area is 130 Å². The van der Waals surface area contributed by atoms with Gasteiger partial charge < -0.3 is 14.8 Å². The summed E-state index contributed by atoms with van der Waals surface area (Å²) < 4.78 is 10.3. The van der Waals surface area contributed by atoms with Crippen molar-refractivity contribution >= 4 is 11.9 Å². The van der Waals surface area contributed by atoms with Gasteiger partial charge in [0, 0.05) is 6.04 Å². The van der Waals surface area contributed by atoms with Crippen molar-refractivity contribution in [3.8, 4) is 11.8 Å². The second kappa shape index (κ2) is 8.67. The average Bonchev–Trinajstić information content (AvgIpc) is 2.53. The van der Waals surface area contributed by atoms with E-state index >= 15 is 0 Å². The zero-order valence-electron chi connectivity index (χ0n) is 13.0. The van der Waals surface area contributed by atoms with Crippen LogP contribution in [0.15, 0.2) is 24.3 Å². The van der Waals surface area contributed by atoms with E-state index in [4.69, 9.17) is 14.7 Å². The maximum atomic E-state index is 11.8. The number of benzene rings is 1. The molecule has 22 heavy (non-hydrogen) atoms. The summed E-state index contributed by atoms with van der Waals surface area (Å²) in [7, 11) is 0. The minimum atomic E-state index is -0.843. The number of hydrogen-bond acceptors (Lipinski definition) is 5. The number of nitriles is 1. The molecule has 0 aliphatic heterocycles. The molecule has 0 aliphatic carbocycles. The predicted molar refractivity (Wildman–Crippen MR) is 80.1 cm³/mol. The summed E-state index contributed by atoms with van der Waals surface area (Å²) in [4.78, 5) is 23.3. The van der Waals surface area contributed by atoms with Crippen LogP contribution in [0.4, 0.5) is 0 Å². The SMILES string of the molecule is CC[C@@H](C)NC(=O)COC(=O)[C@@H](C)Oc1ccc(C#N)cc1. The van der Waals surface area contributed by atoms with Crippen molar-refractivity contribution in [2.75, 3.05) is 6.61 Å². The molecule has 2 atom stereocenters. The first-order chi connectivity index (χ1) is 10.5. The molecule has 1 N–H and O–H groups in total. The Morgan fingerprint density at radius 2 is 1.91 bits per heavy atom. The van der Waals surface area contributed by atoms with Gasteiger partial charge >= 0.3 is 5.97 Å². The van der Waals surface area contributed by atoms with Crippen molar-refractivity contribution in [3.05, 3.63) is 29.8 Å². The molecular weight excluding hydrogens is 284 g/mol. The average molecular weight is 304 g/mol. The highest BCUT2D eigenvalue weighted by Crippen LogP contribution is 2.13. The predicted octanol–water partition coefficient (Wildman–Crippen LogP) is 1.78. The van der Waals surface area contributed by atoms with E-state index in [0.29, 0.717) is 11.3 Å². The van der Waals surface area contributed by atoms with Crippen LogP contribution < -0.4 is 10.1 Å². The monoisotopic (exact) mass is 304 g/mol. The second-order valence-electron chi connectivity index (χ2n) is 4.88. The molecule has 0 saturated heterocycles. The Morgan fingerprint density at radius 1 is 1.27 bits per heavy atom. The third-order valence-electron chi connectivity index (χ3n) is 2.99. The molecule has 0 aromatic heterocycles. The van der Waals surface area contributed by atoms with Gasteiger partial charge in [0.1, 0.15) is 5.75 Å². The van der Waals surface area contributed by atoms with Crippen LogP contribution in [0.25, 0.3) is 0 Å². The summed E-state index contributed by atoms with van der Waals surface area (Å²) in [5, 5.41) is 11.4. The molecule has 0 fully saturated rings. The summed E-state index contributed by atoms with van der Waals surface area (Å²) in [5.74, 6) is -0.510. The molecule has 0 bridgehead atoms. The minimum Gasteiger partial charge on any atom is -0.479 e. The van der Waals surface area contributed by atoms with Crippen molar-refractivity contribution in [3.63, 3.8) is 0 Å². The molecule has 0 heterocycles. The summed E-state index contributed by atoms with van der Waals surface area (Å²) in [6.07, 6.45) is -0.0397. The number of nitrogens with one attached hydrogen (secondary N) is 1. The van der Waals surface area contributed by atoms with Gasteiger partial charge in [-0.15, -0.1) is 0 Å². The number of nitrogens with zero attached hydrogens (tertiary/aromatic N) is 1. The standard InChI is InChI=1S/C16H20N2O4/c1-4-11(2)18-15(19)10-21-16(20)12(3)22-14-7-5-13(9-17)6-8-14/h5-8,11-12H,4,10H2,1-3H3,(H,18,19)/t11-,12-/m1/s1. The van der Waals surface area contributed by atoms with Crippen LogP contribution in [0.1, 0.15) is 32.8 Å². The van der Waals surface area contributed by atoms with E-state index in [-0.39, 0.29) is 18.6 Å². The van der Waals surface area contributed by atoms with E-state index in [1.807, 2.05) is 19.9 Å². The van der Waals surface area contributed by atoms with Gasteiger partial charge in [-0.3, -0.25) is 4.79 Å². The van der Waals surface area contributed by atoms with Crippen LogP contribution in [0.2, 0.25) is 0 Å².